The molecule has 0 saturated carbocycles. The minimum absolute atomic E-state index is 0.585. The van der Waals surface area contributed by atoms with Crippen molar-refractivity contribution in [2.24, 2.45) is 0 Å². The Balaban J connectivity index is 1.19. The van der Waals surface area contributed by atoms with Gasteiger partial charge in [0.15, 0.2) is 5.58 Å². The molecular weight excluding hydrogens is 552 g/mol. The zero-order valence-corrected chi connectivity index (χ0v) is 24.2. The van der Waals surface area contributed by atoms with Crippen molar-refractivity contribution < 1.29 is 8.83 Å². The number of oxazole rings is 1. The van der Waals surface area contributed by atoms with Crippen LogP contribution in [0.2, 0.25) is 0 Å². The van der Waals surface area contributed by atoms with E-state index in [4.69, 9.17) is 13.8 Å². The lowest BCUT2D eigenvalue weighted by atomic mass is 10.0. The third-order valence-electron chi connectivity index (χ3n) is 8.45. The van der Waals surface area contributed by atoms with Crippen LogP contribution >= 0.6 is 0 Å². The lowest BCUT2D eigenvalue weighted by Gasteiger charge is -2.26. The summed E-state index contributed by atoms with van der Waals surface area (Å²) in [7, 11) is 0. The van der Waals surface area contributed by atoms with Gasteiger partial charge in [-0.1, -0.05) is 91.0 Å². The maximum absolute atomic E-state index is 6.51. The number of furan rings is 1. The fourth-order valence-electron chi connectivity index (χ4n) is 6.34. The average molecular weight is 579 g/mol. The van der Waals surface area contributed by atoms with Crippen LogP contribution in [0.5, 0.6) is 0 Å². The van der Waals surface area contributed by atoms with Crippen molar-refractivity contribution in [3.05, 3.63) is 158 Å². The third-order valence-corrected chi connectivity index (χ3v) is 8.45. The molecule has 0 saturated heterocycles. The van der Waals surface area contributed by atoms with E-state index < -0.39 is 0 Å². The molecule has 0 amide bonds. The Morgan fingerprint density at radius 1 is 0.444 bits per heavy atom. The molecule has 0 spiro atoms. The Morgan fingerprint density at radius 3 is 1.98 bits per heavy atom. The molecule has 0 aliphatic rings. The van der Waals surface area contributed by atoms with Gasteiger partial charge in [0.25, 0.3) is 0 Å². The molecule has 2 heterocycles. The van der Waals surface area contributed by atoms with Gasteiger partial charge in [-0.2, -0.15) is 0 Å². The second kappa shape index (κ2) is 10.2. The van der Waals surface area contributed by atoms with Gasteiger partial charge in [0.05, 0.1) is 0 Å². The minimum atomic E-state index is 0.585. The normalized spacial score (nSPS) is 11.6. The van der Waals surface area contributed by atoms with E-state index in [1.807, 2.05) is 36.4 Å². The van der Waals surface area contributed by atoms with Crippen molar-refractivity contribution >= 4 is 60.9 Å². The zero-order valence-electron chi connectivity index (χ0n) is 24.2. The molecule has 9 rings (SSSR count). The number of rotatable bonds is 5. The van der Waals surface area contributed by atoms with Crippen molar-refractivity contribution in [1.29, 1.82) is 0 Å². The summed E-state index contributed by atoms with van der Waals surface area (Å²) in [6.07, 6.45) is 0. The van der Waals surface area contributed by atoms with E-state index in [9.17, 15) is 0 Å². The molecular formula is C41H26N2O2. The van der Waals surface area contributed by atoms with Crippen LogP contribution in [0.25, 0.3) is 66.4 Å². The van der Waals surface area contributed by atoms with Gasteiger partial charge >= 0.3 is 0 Å². The highest BCUT2D eigenvalue weighted by molar-refractivity contribution is 6.12. The van der Waals surface area contributed by atoms with Crippen molar-refractivity contribution in [3.8, 4) is 22.6 Å². The summed E-state index contributed by atoms with van der Waals surface area (Å²) in [5.41, 5.74) is 9.60. The predicted molar refractivity (Wildman–Crippen MR) is 184 cm³/mol. The Bertz CT molecular complexity index is 2440. The summed E-state index contributed by atoms with van der Waals surface area (Å²) in [6.45, 7) is 0. The van der Waals surface area contributed by atoms with Crippen LogP contribution < -0.4 is 4.90 Å². The van der Waals surface area contributed by atoms with E-state index in [0.717, 1.165) is 72.0 Å². The zero-order chi connectivity index (χ0) is 29.7. The largest absolute Gasteiger partial charge is 0.456 e. The number of fused-ring (bicyclic) bond motifs is 5. The fraction of sp³-hybridized carbons (Fsp3) is 0. The number of aromatic nitrogens is 1. The first-order valence-electron chi connectivity index (χ1n) is 15.0. The van der Waals surface area contributed by atoms with Crippen LogP contribution in [0.15, 0.2) is 167 Å². The summed E-state index contributed by atoms with van der Waals surface area (Å²) in [4.78, 5) is 7.18. The molecule has 4 heteroatoms. The number of anilines is 3. The highest BCUT2D eigenvalue weighted by atomic mass is 16.3. The van der Waals surface area contributed by atoms with Crippen molar-refractivity contribution in [2.75, 3.05) is 4.90 Å². The quantitative estimate of drug-likeness (QED) is 0.204. The highest BCUT2D eigenvalue weighted by Gasteiger charge is 2.20. The first-order chi connectivity index (χ1) is 22.3. The Hall–Kier alpha value is -6.13. The van der Waals surface area contributed by atoms with E-state index in [1.165, 1.54) is 5.56 Å². The number of hydrogen-bond acceptors (Lipinski definition) is 4. The van der Waals surface area contributed by atoms with Crippen LogP contribution in [0.1, 0.15) is 0 Å². The third kappa shape index (κ3) is 4.35. The van der Waals surface area contributed by atoms with E-state index >= 15 is 0 Å². The van der Waals surface area contributed by atoms with Crippen LogP contribution in [0.4, 0.5) is 17.1 Å². The standard InChI is InChI=1S/C41H26N2O2/c1-3-11-27(12-4-1)28-15-9-18-32(23-28)43(31-16-5-2-6-17-31)33-21-22-34-38(26-33)44-37-20-10-19-35(40(34)37)41-42-36-24-29-13-7-8-14-30(29)25-39(36)45-41/h1-26H. The van der Waals surface area contributed by atoms with Crippen molar-refractivity contribution in [2.45, 2.75) is 0 Å². The van der Waals surface area contributed by atoms with Crippen LogP contribution in [-0.2, 0) is 0 Å². The Morgan fingerprint density at radius 2 is 1.13 bits per heavy atom. The molecule has 0 aliphatic carbocycles. The lowest BCUT2D eigenvalue weighted by molar-refractivity contribution is 0.620. The summed E-state index contributed by atoms with van der Waals surface area (Å²) in [6, 6.07) is 54.5. The van der Waals surface area contributed by atoms with E-state index in [1.54, 1.807) is 0 Å². The molecule has 45 heavy (non-hydrogen) atoms. The second-order valence-corrected chi connectivity index (χ2v) is 11.2. The molecule has 0 N–H and O–H groups in total. The van der Waals surface area contributed by atoms with E-state index in [0.29, 0.717) is 5.89 Å². The van der Waals surface area contributed by atoms with Gasteiger partial charge in [-0.05, 0) is 82.6 Å². The molecule has 0 aliphatic heterocycles. The monoisotopic (exact) mass is 578 g/mol. The molecule has 4 nitrogen and oxygen atoms in total. The van der Waals surface area contributed by atoms with Crippen LogP contribution in [0.3, 0.4) is 0 Å². The number of benzene rings is 7. The maximum Gasteiger partial charge on any atom is 0.228 e. The van der Waals surface area contributed by atoms with Gasteiger partial charge in [0.1, 0.15) is 16.7 Å². The summed E-state index contributed by atoms with van der Waals surface area (Å²) < 4.78 is 12.9. The first-order valence-corrected chi connectivity index (χ1v) is 15.0. The maximum atomic E-state index is 6.51. The van der Waals surface area contributed by atoms with Gasteiger partial charge in [0, 0.05) is 39.5 Å². The fourth-order valence-corrected chi connectivity index (χ4v) is 6.34. The molecule has 2 aromatic heterocycles. The minimum Gasteiger partial charge on any atom is -0.456 e. The van der Waals surface area contributed by atoms with Gasteiger partial charge in [0.2, 0.25) is 5.89 Å². The molecule has 0 bridgehead atoms. The van der Waals surface area contributed by atoms with Crippen molar-refractivity contribution in [1.82, 2.24) is 4.98 Å². The molecule has 212 valence electrons. The van der Waals surface area contributed by atoms with Gasteiger partial charge in [-0.15, -0.1) is 0 Å². The molecule has 0 atom stereocenters. The van der Waals surface area contributed by atoms with Crippen molar-refractivity contribution in [3.63, 3.8) is 0 Å². The number of para-hydroxylation sites is 1. The summed E-state index contributed by atoms with van der Waals surface area (Å²) in [5.74, 6) is 0.585. The Labute approximate surface area is 259 Å². The summed E-state index contributed by atoms with van der Waals surface area (Å²) >= 11 is 0. The Kier molecular flexibility index (Phi) is 5.78. The van der Waals surface area contributed by atoms with Gasteiger partial charge in [-0.25, -0.2) is 4.98 Å². The van der Waals surface area contributed by atoms with Crippen LogP contribution in [0, 0.1) is 0 Å². The lowest BCUT2D eigenvalue weighted by Crippen LogP contribution is -2.09. The van der Waals surface area contributed by atoms with Gasteiger partial charge in [-0.3, -0.25) is 0 Å². The molecule has 0 radical (unpaired) electrons. The SMILES string of the molecule is c1ccc(-c2cccc(N(c3ccccc3)c3ccc4c(c3)oc3cccc(-c5nc6cc7ccccc7cc6o5)c34)c2)cc1. The smallest absolute Gasteiger partial charge is 0.228 e. The van der Waals surface area contributed by atoms with E-state index in [-0.39, 0.29) is 0 Å². The number of nitrogens with zero attached hydrogens (tertiary/aromatic N) is 2. The van der Waals surface area contributed by atoms with E-state index in [2.05, 4.69) is 126 Å². The van der Waals surface area contributed by atoms with Crippen LogP contribution in [-0.4, -0.2) is 4.98 Å². The van der Waals surface area contributed by atoms with Gasteiger partial charge < -0.3 is 13.7 Å². The topological polar surface area (TPSA) is 42.4 Å². The average Bonchev–Trinajstić information content (AvgIpc) is 3.69. The predicted octanol–water partition coefficient (Wildman–Crippen LogP) is 11.7. The molecule has 0 unspecified atom stereocenters. The molecule has 0 fully saturated rings. The summed E-state index contributed by atoms with van der Waals surface area (Å²) in [5, 5.41) is 4.28. The molecule has 9 aromatic rings. The second-order valence-electron chi connectivity index (χ2n) is 11.2. The molecule has 7 aromatic carbocycles. The highest BCUT2D eigenvalue weighted by Crippen LogP contribution is 2.42. The first kappa shape index (κ1) is 25.4. The number of hydrogen-bond donors (Lipinski definition) is 0.